The van der Waals surface area contributed by atoms with E-state index in [-0.39, 0.29) is 43.6 Å². The van der Waals surface area contributed by atoms with Crippen LogP contribution in [0.25, 0.3) is 0 Å². The summed E-state index contributed by atoms with van der Waals surface area (Å²) in [6.45, 7) is 9.28. The highest BCUT2D eigenvalue weighted by atomic mass is 35.5. The summed E-state index contributed by atoms with van der Waals surface area (Å²) < 4.78 is 12.4. The highest BCUT2D eigenvalue weighted by Crippen LogP contribution is 2.28. The quantitative estimate of drug-likeness (QED) is 0.301. The van der Waals surface area contributed by atoms with Gasteiger partial charge in [0.15, 0.2) is 5.82 Å². The zero-order chi connectivity index (χ0) is 30.3. The number of nitrogens with zero attached hydrogens (tertiary/aromatic N) is 3. The number of anilines is 1. The van der Waals surface area contributed by atoms with Gasteiger partial charge in [0.2, 0.25) is 5.91 Å². The van der Waals surface area contributed by atoms with Crippen molar-refractivity contribution in [3.05, 3.63) is 53.4 Å². The van der Waals surface area contributed by atoms with Crippen molar-refractivity contribution in [1.82, 2.24) is 14.7 Å². The van der Waals surface area contributed by atoms with Crippen LogP contribution in [0.15, 0.2) is 48.4 Å². The molecule has 2 aromatic rings. The van der Waals surface area contributed by atoms with Gasteiger partial charge in [0.1, 0.15) is 23.2 Å². The lowest BCUT2D eigenvalue weighted by Gasteiger charge is -2.28. The topological polar surface area (TPSA) is 143 Å². The standard InChI is InChI=1S/C29H39ClN4O7/c1-18(2)12-23(34-17-21(15-26(34)37)40-24-9-7-6-8-22(24)30)28(39)31-25-10-11-33(32-25)16-20(36)13-19(35)14-27(38)41-29(3,4)5/h6-11,15,18-20,23,35-36H,12-14,16-17H2,1-5H3,(H,31,32,39)/t19-,20+,23+/m1/s1. The number of aliphatic hydroxyl groups is 2. The lowest BCUT2D eigenvalue weighted by atomic mass is 10.0. The first-order valence-corrected chi connectivity index (χ1v) is 13.9. The van der Waals surface area contributed by atoms with E-state index >= 15 is 0 Å². The van der Waals surface area contributed by atoms with Crippen molar-refractivity contribution >= 4 is 35.2 Å². The zero-order valence-electron chi connectivity index (χ0n) is 24.0. The maximum atomic E-state index is 13.3. The fourth-order valence-corrected chi connectivity index (χ4v) is 4.51. The van der Waals surface area contributed by atoms with E-state index in [9.17, 15) is 24.6 Å². The van der Waals surface area contributed by atoms with E-state index in [0.717, 1.165) is 0 Å². The summed E-state index contributed by atoms with van der Waals surface area (Å²) in [4.78, 5) is 39.5. The molecular weight excluding hydrogens is 552 g/mol. The van der Waals surface area contributed by atoms with Gasteiger partial charge in [-0.2, -0.15) is 5.10 Å². The molecule has 11 nitrogen and oxygen atoms in total. The van der Waals surface area contributed by atoms with Crippen LogP contribution in [0.3, 0.4) is 0 Å². The number of nitrogens with one attached hydrogen (secondary N) is 1. The Balaban J connectivity index is 1.57. The van der Waals surface area contributed by atoms with Crippen LogP contribution >= 0.6 is 11.6 Å². The molecule has 0 fully saturated rings. The van der Waals surface area contributed by atoms with Crippen molar-refractivity contribution in [2.45, 2.75) is 84.3 Å². The molecular formula is C29H39ClN4O7. The molecule has 2 amide bonds. The van der Waals surface area contributed by atoms with E-state index < -0.39 is 35.7 Å². The van der Waals surface area contributed by atoms with Crippen molar-refractivity contribution in [3.8, 4) is 5.75 Å². The van der Waals surface area contributed by atoms with Gasteiger partial charge in [-0.05, 0) is 45.2 Å². The number of ether oxygens (including phenoxy) is 2. The van der Waals surface area contributed by atoms with Gasteiger partial charge in [-0.25, -0.2) is 0 Å². The average molecular weight is 591 g/mol. The lowest BCUT2D eigenvalue weighted by molar-refractivity contribution is -0.157. The maximum absolute atomic E-state index is 13.3. The largest absolute Gasteiger partial charge is 0.460 e. The molecule has 3 atom stereocenters. The van der Waals surface area contributed by atoms with E-state index in [1.54, 1.807) is 57.3 Å². The van der Waals surface area contributed by atoms with E-state index in [0.29, 0.717) is 23.0 Å². The Bertz CT molecular complexity index is 1250. The predicted octanol–water partition coefficient (Wildman–Crippen LogP) is 3.54. The average Bonchev–Trinajstić information content (AvgIpc) is 3.42. The number of carbonyl (C=O) groups excluding carboxylic acids is 3. The molecule has 1 aromatic heterocycles. The summed E-state index contributed by atoms with van der Waals surface area (Å²) in [5, 5.41) is 28.0. The Hall–Kier alpha value is -3.41. The number of esters is 1. The lowest BCUT2D eigenvalue weighted by Crippen LogP contribution is -2.46. The van der Waals surface area contributed by atoms with E-state index in [4.69, 9.17) is 21.1 Å². The van der Waals surface area contributed by atoms with Crippen LogP contribution in [0.4, 0.5) is 5.82 Å². The molecule has 0 radical (unpaired) electrons. The number of benzene rings is 1. The Morgan fingerprint density at radius 3 is 2.49 bits per heavy atom. The van der Waals surface area contributed by atoms with Crippen LogP contribution in [0, 0.1) is 5.92 Å². The van der Waals surface area contributed by atoms with Crippen LogP contribution in [-0.4, -0.2) is 73.1 Å². The third kappa shape index (κ3) is 10.2. The van der Waals surface area contributed by atoms with Gasteiger partial charge in [-0.15, -0.1) is 0 Å². The first kappa shape index (κ1) is 32.1. The molecule has 1 aliphatic rings. The highest BCUT2D eigenvalue weighted by molar-refractivity contribution is 6.32. The van der Waals surface area contributed by atoms with Crippen molar-refractivity contribution < 1.29 is 34.1 Å². The van der Waals surface area contributed by atoms with Crippen molar-refractivity contribution in [3.63, 3.8) is 0 Å². The molecule has 0 bridgehead atoms. The zero-order valence-corrected chi connectivity index (χ0v) is 24.8. The Labute approximate surface area is 245 Å². The molecule has 224 valence electrons. The van der Waals surface area contributed by atoms with Gasteiger partial charge in [0.25, 0.3) is 5.91 Å². The number of hydrogen-bond acceptors (Lipinski definition) is 8. The monoisotopic (exact) mass is 590 g/mol. The molecule has 41 heavy (non-hydrogen) atoms. The predicted molar refractivity (Wildman–Crippen MR) is 153 cm³/mol. The SMILES string of the molecule is CC(C)C[C@@H](C(=O)Nc1ccn(C[C@@H](O)C[C@@H](O)CC(=O)OC(C)(C)C)n1)N1CC(Oc2ccccc2Cl)=CC1=O. The second-order valence-corrected chi connectivity index (χ2v) is 11.9. The molecule has 0 aliphatic carbocycles. The van der Waals surface area contributed by atoms with Crippen molar-refractivity contribution in [1.29, 1.82) is 0 Å². The maximum Gasteiger partial charge on any atom is 0.308 e. The smallest absolute Gasteiger partial charge is 0.308 e. The van der Waals surface area contributed by atoms with Crippen molar-refractivity contribution in [2.75, 3.05) is 11.9 Å². The van der Waals surface area contributed by atoms with E-state index in [1.807, 2.05) is 13.8 Å². The minimum Gasteiger partial charge on any atom is -0.460 e. The molecule has 3 N–H and O–H groups in total. The minimum atomic E-state index is -1.08. The Kier molecular flexibility index (Phi) is 10.9. The number of para-hydroxylation sites is 1. The number of halogens is 1. The Morgan fingerprint density at radius 2 is 1.83 bits per heavy atom. The normalized spacial score (nSPS) is 15.9. The second-order valence-electron chi connectivity index (χ2n) is 11.5. The summed E-state index contributed by atoms with van der Waals surface area (Å²) in [7, 11) is 0. The third-order valence-electron chi connectivity index (χ3n) is 6.00. The summed E-state index contributed by atoms with van der Waals surface area (Å²) in [5.74, 6) is -0.123. The molecule has 0 saturated carbocycles. The van der Waals surface area contributed by atoms with Gasteiger partial charge in [-0.1, -0.05) is 37.6 Å². The molecule has 0 spiro atoms. The van der Waals surface area contributed by atoms with Crippen LogP contribution in [-0.2, 0) is 25.7 Å². The molecule has 3 rings (SSSR count). The van der Waals surface area contributed by atoms with Crippen LogP contribution < -0.4 is 10.1 Å². The third-order valence-corrected chi connectivity index (χ3v) is 6.31. The summed E-state index contributed by atoms with van der Waals surface area (Å²) in [6, 6.07) is 7.73. The van der Waals surface area contributed by atoms with Gasteiger partial charge in [0.05, 0.1) is 36.7 Å². The fourth-order valence-electron chi connectivity index (χ4n) is 4.33. The van der Waals surface area contributed by atoms with Gasteiger partial charge >= 0.3 is 5.97 Å². The summed E-state index contributed by atoms with van der Waals surface area (Å²) in [6.07, 6.45) is 0.992. The fraction of sp³-hybridized carbons (Fsp3) is 0.517. The van der Waals surface area contributed by atoms with Gasteiger partial charge < -0.3 is 29.9 Å². The molecule has 0 saturated heterocycles. The molecule has 2 heterocycles. The summed E-state index contributed by atoms with van der Waals surface area (Å²) >= 11 is 6.18. The first-order valence-electron chi connectivity index (χ1n) is 13.6. The van der Waals surface area contributed by atoms with Crippen LogP contribution in [0.1, 0.15) is 53.9 Å². The van der Waals surface area contributed by atoms with E-state index in [2.05, 4.69) is 10.4 Å². The number of aliphatic hydroxyl groups excluding tert-OH is 2. The minimum absolute atomic E-state index is 0.0357. The number of hydrogen-bond donors (Lipinski definition) is 3. The molecule has 1 aromatic carbocycles. The van der Waals surface area contributed by atoms with Gasteiger partial charge in [0, 0.05) is 24.8 Å². The number of carbonyl (C=O) groups is 3. The number of aromatic nitrogens is 2. The molecule has 0 unspecified atom stereocenters. The van der Waals surface area contributed by atoms with Crippen molar-refractivity contribution in [2.24, 2.45) is 5.92 Å². The molecule has 1 aliphatic heterocycles. The molecule has 12 heteroatoms. The van der Waals surface area contributed by atoms with E-state index in [1.165, 1.54) is 15.7 Å². The summed E-state index contributed by atoms with van der Waals surface area (Å²) in [5.41, 5.74) is -0.662. The van der Waals surface area contributed by atoms with Crippen LogP contribution in [0.2, 0.25) is 5.02 Å². The highest BCUT2D eigenvalue weighted by Gasteiger charge is 2.35. The van der Waals surface area contributed by atoms with Gasteiger partial charge in [-0.3, -0.25) is 19.1 Å². The number of amides is 2. The first-order chi connectivity index (χ1) is 19.2. The Morgan fingerprint density at radius 1 is 1.12 bits per heavy atom. The van der Waals surface area contributed by atoms with Crippen LogP contribution in [0.5, 0.6) is 5.75 Å². The number of rotatable bonds is 13. The second kappa shape index (κ2) is 14.0.